The van der Waals surface area contributed by atoms with Crippen LogP contribution in [-0.2, 0) is 0 Å². The van der Waals surface area contributed by atoms with Crippen LogP contribution in [0, 0.1) is 0 Å². The zero-order valence-corrected chi connectivity index (χ0v) is 9.59. The molecule has 0 saturated carbocycles. The van der Waals surface area contributed by atoms with E-state index < -0.39 is 0 Å². The maximum absolute atomic E-state index is 5.87. The van der Waals surface area contributed by atoms with Crippen molar-refractivity contribution in [3.8, 4) is 5.88 Å². The van der Waals surface area contributed by atoms with Crippen molar-refractivity contribution in [1.29, 1.82) is 0 Å². The molecule has 1 aromatic heterocycles. The molecule has 0 atom stereocenters. The third kappa shape index (κ3) is 2.61. The molecule has 1 aromatic rings. The molecular weight excluding hydrogens is 204 g/mol. The summed E-state index contributed by atoms with van der Waals surface area (Å²) in [4.78, 5) is 10.5. The first-order chi connectivity index (χ1) is 7.79. The SMILES string of the molecule is CCOc1cc(N2CCC(N)CC2)ncn1. The van der Waals surface area contributed by atoms with E-state index in [1.807, 2.05) is 13.0 Å². The van der Waals surface area contributed by atoms with Gasteiger partial charge in [0, 0.05) is 25.2 Å². The summed E-state index contributed by atoms with van der Waals surface area (Å²) in [6.45, 7) is 4.50. The van der Waals surface area contributed by atoms with Crippen molar-refractivity contribution in [3.05, 3.63) is 12.4 Å². The molecule has 2 rings (SSSR count). The Kier molecular flexibility index (Phi) is 3.56. The highest BCUT2D eigenvalue weighted by Crippen LogP contribution is 2.19. The maximum Gasteiger partial charge on any atom is 0.218 e. The number of rotatable bonds is 3. The molecule has 2 heterocycles. The Bertz CT molecular complexity index is 337. The minimum Gasteiger partial charge on any atom is -0.478 e. The van der Waals surface area contributed by atoms with Gasteiger partial charge in [0.1, 0.15) is 12.1 Å². The molecule has 0 bridgehead atoms. The molecule has 16 heavy (non-hydrogen) atoms. The Hall–Kier alpha value is -1.36. The lowest BCUT2D eigenvalue weighted by atomic mass is 10.1. The summed E-state index contributed by atoms with van der Waals surface area (Å²) >= 11 is 0. The average Bonchev–Trinajstić information content (AvgIpc) is 2.31. The highest BCUT2D eigenvalue weighted by molar-refractivity contribution is 5.41. The first-order valence-corrected chi connectivity index (χ1v) is 5.75. The lowest BCUT2D eigenvalue weighted by molar-refractivity contribution is 0.326. The van der Waals surface area contributed by atoms with Crippen molar-refractivity contribution >= 4 is 5.82 Å². The van der Waals surface area contributed by atoms with Gasteiger partial charge in [0.25, 0.3) is 0 Å². The van der Waals surface area contributed by atoms with Crippen molar-refractivity contribution in [3.63, 3.8) is 0 Å². The molecule has 2 N–H and O–H groups in total. The molecule has 5 nitrogen and oxygen atoms in total. The topological polar surface area (TPSA) is 64.3 Å². The Morgan fingerprint density at radius 3 is 2.88 bits per heavy atom. The van der Waals surface area contributed by atoms with Gasteiger partial charge in [-0.1, -0.05) is 0 Å². The van der Waals surface area contributed by atoms with Gasteiger partial charge < -0.3 is 15.4 Å². The summed E-state index contributed by atoms with van der Waals surface area (Å²) in [5.74, 6) is 1.58. The molecule has 1 saturated heterocycles. The molecule has 0 aromatic carbocycles. The van der Waals surface area contributed by atoms with Gasteiger partial charge in [0.15, 0.2) is 0 Å². The monoisotopic (exact) mass is 222 g/mol. The van der Waals surface area contributed by atoms with Crippen molar-refractivity contribution in [2.24, 2.45) is 5.73 Å². The predicted octanol–water partition coefficient (Wildman–Crippen LogP) is 0.803. The molecule has 0 spiro atoms. The molecule has 1 aliphatic heterocycles. The fourth-order valence-corrected chi connectivity index (χ4v) is 1.86. The van der Waals surface area contributed by atoms with Gasteiger partial charge in [-0.25, -0.2) is 9.97 Å². The first-order valence-electron chi connectivity index (χ1n) is 5.75. The minimum absolute atomic E-state index is 0.337. The molecule has 5 heteroatoms. The summed E-state index contributed by atoms with van der Waals surface area (Å²) in [7, 11) is 0. The van der Waals surface area contributed by atoms with Crippen LogP contribution in [0.1, 0.15) is 19.8 Å². The van der Waals surface area contributed by atoms with Crippen molar-refractivity contribution in [2.75, 3.05) is 24.6 Å². The number of anilines is 1. The zero-order valence-electron chi connectivity index (χ0n) is 9.59. The smallest absolute Gasteiger partial charge is 0.218 e. The second kappa shape index (κ2) is 5.12. The fraction of sp³-hybridized carbons (Fsp3) is 0.636. The van der Waals surface area contributed by atoms with E-state index in [1.54, 1.807) is 6.33 Å². The normalized spacial score (nSPS) is 17.5. The molecule has 0 radical (unpaired) electrons. The largest absolute Gasteiger partial charge is 0.478 e. The number of hydrogen-bond donors (Lipinski definition) is 1. The van der Waals surface area contributed by atoms with E-state index in [-0.39, 0.29) is 0 Å². The molecule has 0 unspecified atom stereocenters. The van der Waals surface area contributed by atoms with E-state index >= 15 is 0 Å². The van der Waals surface area contributed by atoms with Crippen LogP contribution in [0.2, 0.25) is 0 Å². The standard InChI is InChI=1S/C11H18N4O/c1-2-16-11-7-10(13-8-14-11)15-5-3-9(12)4-6-15/h7-9H,2-6,12H2,1H3. The molecule has 1 aliphatic rings. The van der Waals surface area contributed by atoms with Crippen LogP contribution >= 0.6 is 0 Å². The van der Waals surface area contributed by atoms with Crippen LogP contribution in [0.3, 0.4) is 0 Å². The van der Waals surface area contributed by atoms with Gasteiger partial charge in [-0.15, -0.1) is 0 Å². The van der Waals surface area contributed by atoms with Crippen LogP contribution in [0.15, 0.2) is 12.4 Å². The Morgan fingerprint density at radius 1 is 1.44 bits per heavy atom. The van der Waals surface area contributed by atoms with Gasteiger partial charge in [-0.2, -0.15) is 0 Å². The number of ether oxygens (including phenoxy) is 1. The number of nitrogens with two attached hydrogens (primary N) is 1. The Balaban J connectivity index is 2.05. The van der Waals surface area contributed by atoms with Crippen molar-refractivity contribution < 1.29 is 4.74 Å². The molecule has 1 fully saturated rings. The van der Waals surface area contributed by atoms with E-state index in [2.05, 4.69) is 14.9 Å². The van der Waals surface area contributed by atoms with E-state index in [4.69, 9.17) is 10.5 Å². The number of piperidine rings is 1. The van der Waals surface area contributed by atoms with Crippen LogP contribution in [0.25, 0.3) is 0 Å². The van der Waals surface area contributed by atoms with E-state index in [9.17, 15) is 0 Å². The van der Waals surface area contributed by atoms with Gasteiger partial charge in [-0.05, 0) is 19.8 Å². The van der Waals surface area contributed by atoms with Crippen LogP contribution in [-0.4, -0.2) is 35.7 Å². The molecule has 88 valence electrons. The van der Waals surface area contributed by atoms with E-state index in [0.29, 0.717) is 18.5 Å². The zero-order chi connectivity index (χ0) is 11.4. The highest BCUT2D eigenvalue weighted by Gasteiger charge is 2.17. The maximum atomic E-state index is 5.87. The summed E-state index contributed by atoms with van der Waals surface area (Å²) in [6.07, 6.45) is 3.59. The van der Waals surface area contributed by atoms with Crippen LogP contribution < -0.4 is 15.4 Å². The van der Waals surface area contributed by atoms with Gasteiger partial charge >= 0.3 is 0 Å². The fourth-order valence-electron chi connectivity index (χ4n) is 1.86. The Labute approximate surface area is 95.6 Å². The predicted molar refractivity (Wildman–Crippen MR) is 62.6 cm³/mol. The number of nitrogens with zero attached hydrogens (tertiary/aromatic N) is 3. The average molecular weight is 222 g/mol. The van der Waals surface area contributed by atoms with Gasteiger partial charge in [0.2, 0.25) is 5.88 Å². The third-order valence-electron chi connectivity index (χ3n) is 2.78. The molecule has 0 amide bonds. The Morgan fingerprint density at radius 2 is 2.19 bits per heavy atom. The summed E-state index contributed by atoms with van der Waals surface area (Å²) in [5.41, 5.74) is 5.87. The molecular formula is C11H18N4O. The summed E-state index contributed by atoms with van der Waals surface area (Å²) in [5, 5.41) is 0. The van der Waals surface area contributed by atoms with Gasteiger partial charge in [0.05, 0.1) is 6.61 Å². The van der Waals surface area contributed by atoms with E-state index in [0.717, 1.165) is 31.7 Å². The molecule has 0 aliphatic carbocycles. The quantitative estimate of drug-likeness (QED) is 0.819. The van der Waals surface area contributed by atoms with Crippen LogP contribution in [0.4, 0.5) is 5.82 Å². The minimum atomic E-state index is 0.337. The summed E-state index contributed by atoms with van der Waals surface area (Å²) < 4.78 is 5.36. The summed E-state index contributed by atoms with van der Waals surface area (Å²) in [6, 6.07) is 2.23. The second-order valence-corrected chi connectivity index (χ2v) is 3.97. The van der Waals surface area contributed by atoms with Gasteiger partial charge in [-0.3, -0.25) is 0 Å². The van der Waals surface area contributed by atoms with Crippen LogP contribution in [0.5, 0.6) is 5.88 Å². The second-order valence-electron chi connectivity index (χ2n) is 3.97. The first kappa shape index (κ1) is 11.1. The third-order valence-corrected chi connectivity index (χ3v) is 2.78. The number of hydrogen-bond acceptors (Lipinski definition) is 5. The van der Waals surface area contributed by atoms with Crippen molar-refractivity contribution in [2.45, 2.75) is 25.8 Å². The highest BCUT2D eigenvalue weighted by atomic mass is 16.5. The number of aromatic nitrogens is 2. The lowest BCUT2D eigenvalue weighted by Gasteiger charge is -2.30. The van der Waals surface area contributed by atoms with Crippen molar-refractivity contribution in [1.82, 2.24) is 9.97 Å². The van der Waals surface area contributed by atoms with E-state index in [1.165, 1.54) is 0 Å². The lowest BCUT2D eigenvalue weighted by Crippen LogP contribution is -2.40.